The van der Waals surface area contributed by atoms with Crippen LogP contribution >= 0.6 is 0 Å². The van der Waals surface area contributed by atoms with Crippen molar-refractivity contribution in [2.45, 2.75) is 6.92 Å². The van der Waals surface area contributed by atoms with Crippen molar-refractivity contribution in [3.8, 4) is 28.9 Å². The molecule has 0 aliphatic heterocycles. The molecular weight excluding hydrogens is 270 g/mol. The summed E-state index contributed by atoms with van der Waals surface area (Å²) in [5, 5.41) is 11.8. The number of benzene rings is 1. The molecule has 0 aliphatic rings. The Balaban J connectivity index is 1.97. The molecule has 2 N–H and O–H groups in total. The molecule has 0 unspecified atom stereocenters. The Morgan fingerprint density at radius 1 is 1.14 bits per heavy atom. The number of aromatic nitrogens is 4. The van der Waals surface area contributed by atoms with Crippen molar-refractivity contribution in [1.82, 2.24) is 20.3 Å². The van der Waals surface area contributed by atoms with Crippen molar-refractivity contribution in [2.24, 2.45) is 0 Å². The van der Waals surface area contributed by atoms with Crippen LogP contribution in [0.4, 0.5) is 5.69 Å². The van der Waals surface area contributed by atoms with E-state index < -0.39 is 0 Å². The summed E-state index contributed by atoms with van der Waals surface area (Å²) >= 11 is 0. The second kappa shape index (κ2) is 5.20. The van der Waals surface area contributed by atoms with Gasteiger partial charge in [-0.3, -0.25) is 0 Å². The number of nitrogens with two attached hydrogens (primary N) is 1. The summed E-state index contributed by atoms with van der Waals surface area (Å²) in [7, 11) is 1.53. The predicted molar refractivity (Wildman–Crippen MR) is 76.5 cm³/mol. The van der Waals surface area contributed by atoms with Crippen LogP contribution in [0.5, 0.6) is 5.88 Å². The summed E-state index contributed by atoms with van der Waals surface area (Å²) in [6.07, 6.45) is 0. The Bertz CT molecular complexity index is 767. The van der Waals surface area contributed by atoms with E-state index in [0.29, 0.717) is 29.0 Å². The average molecular weight is 283 g/mol. The highest BCUT2D eigenvalue weighted by atomic mass is 16.5. The molecule has 106 valence electrons. The topological polar surface area (TPSA) is 100.0 Å². The minimum atomic E-state index is 0.363. The van der Waals surface area contributed by atoms with E-state index in [-0.39, 0.29) is 0 Å². The van der Waals surface area contributed by atoms with Gasteiger partial charge in [0.25, 0.3) is 5.89 Å². The summed E-state index contributed by atoms with van der Waals surface area (Å²) in [5.41, 5.74) is 8.74. The largest absolute Gasteiger partial charge is 0.480 e. The Kier molecular flexibility index (Phi) is 3.23. The third kappa shape index (κ3) is 2.53. The van der Waals surface area contributed by atoms with Crippen LogP contribution < -0.4 is 10.5 Å². The number of nitrogen functional groups attached to an aromatic ring is 1. The molecular formula is C14H13N5O2. The van der Waals surface area contributed by atoms with Gasteiger partial charge < -0.3 is 15.0 Å². The van der Waals surface area contributed by atoms with Gasteiger partial charge in [-0.1, -0.05) is 11.2 Å². The zero-order valence-electron chi connectivity index (χ0n) is 11.6. The van der Waals surface area contributed by atoms with E-state index in [1.807, 2.05) is 19.1 Å². The lowest BCUT2D eigenvalue weighted by atomic mass is 10.1. The van der Waals surface area contributed by atoms with E-state index in [0.717, 1.165) is 11.1 Å². The number of hydrogen-bond acceptors (Lipinski definition) is 7. The summed E-state index contributed by atoms with van der Waals surface area (Å²) in [6, 6.07) is 8.93. The van der Waals surface area contributed by atoms with Crippen molar-refractivity contribution in [3.63, 3.8) is 0 Å². The zero-order chi connectivity index (χ0) is 14.8. The lowest BCUT2D eigenvalue weighted by Crippen LogP contribution is -1.93. The first-order chi connectivity index (χ1) is 10.2. The third-order valence-electron chi connectivity index (χ3n) is 3.00. The fraction of sp³-hybridized carbons (Fsp3) is 0.143. The average Bonchev–Trinajstić information content (AvgIpc) is 2.99. The Labute approximate surface area is 120 Å². The van der Waals surface area contributed by atoms with E-state index in [1.54, 1.807) is 18.2 Å². The molecule has 0 fully saturated rings. The summed E-state index contributed by atoms with van der Waals surface area (Å²) in [5.74, 6) is 1.18. The minimum Gasteiger partial charge on any atom is -0.480 e. The van der Waals surface area contributed by atoms with Crippen molar-refractivity contribution in [3.05, 3.63) is 35.9 Å². The Morgan fingerprint density at radius 2 is 2.00 bits per heavy atom. The first-order valence-corrected chi connectivity index (χ1v) is 6.25. The maximum Gasteiger partial charge on any atom is 0.258 e. The molecule has 0 bridgehead atoms. The lowest BCUT2D eigenvalue weighted by Gasteiger charge is -2.01. The van der Waals surface area contributed by atoms with E-state index in [2.05, 4.69) is 20.3 Å². The first kappa shape index (κ1) is 13.0. The van der Waals surface area contributed by atoms with Gasteiger partial charge in [0, 0.05) is 17.3 Å². The normalized spacial score (nSPS) is 10.6. The highest BCUT2D eigenvalue weighted by Gasteiger charge is 2.14. The molecule has 0 saturated carbocycles. The molecule has 7 heteroatoms. The molecule has 0 atom stereocenters. The SMILES string of the molecule is COc1ccc(-c2noc(-c3cc(N)ccc3C)n2)nn1. The van der Waals surface area contributed by atoms with Gasteiger partial charge in [0.15, 0.2) is 0 Å². The molecule has 1 aromatic carbocycles. The van der Waals surface area contributed by atoms with Crippen LogP contribution in [-0.4, -0.2) is 27.4 Å². The van der Waals surface area contributed by atoms with Crippen molar-refractivity contribution in [2.75, 3.05) is 12.8 Å². The van der Waals surface area contributed by atoms with Crippen LogP contribution in [0.25, 0.3) is 23.0 Å². The second-order valence-electron chi connectivity index (χ2n) is 4.46. The molecule has 0 spiro atoms. The summed E-state index contributed by atoms with van der Waals surface area (Å²) in [6.45, 7) is 1.95. The van der Waals surface area contributed by atoms with Gasteiger partial charge in [0.05, 0.1) is 7.11 Å². The molecule has 21 heavy (non-hydrogen) atoms. The van der Waals surface area contributed by atoms with Crippen molar-refractivity contribution >= 4 is 5.69 Å². The van der Waals surface area contributed by atoms with Crippen LogP contribution in [0.15, 0.2) is 34.9 Å². The molecule has 3 aromatic rings. The number of methoxy groups -OCH3 is 1. The van der Waals surface area contributed by atoms with E-state index in [1.165, 1.54) is 7.11 Å². The fourth-order valence-electron chi connectivity index (χ4n) is 1.86. The first-order valence-electron chi connectivity index (χ1n) is 6.25. The van der Waals surface area contributed by atoms with Gasteiger partial charge >= 0.3 is 0 Å². The van der Waals surface area contributed by atoms with Crippen LogP contribution in [-0.2, 0) is 0 Å². The standard InChI is InChI=1S/C14H13N5O2/c1-8-3-4-9(15)7-10(8)14-16-13(19-21-14)11-5-6-12(20-2)18-17-11/h3-7H,15H2,1-2H3. The maximum absolute atomic E-state index is 5.79. The molecule has 0 saturated heterocycles. The van der Waals surface area contributed by atoms with E-state index >= 15 is 0 Å². The lowest BCUT2D eigenvalue weighted by molar-refractivity contribution is 0.392. The van der Waals surface area contributed by atoms with Gasteiger partial charge in [-0.05, 0) is 30.7 Å². The van der Waals surface area contributed by atoms with E-state index in [9.17, 15) is 0 Å². The summed E-state index contributed by atoms with van der Waals surface area (Å²) < 4.78 is 10.2. The Morgan fingerprint density at radius 3 is 2.71 bits per heavy atom. The van der Waals surface area contributed by atoms with Gasteiger partial charge in [-0.2, -0.15) is 4.98 Å². The van der Waals surface area contributed by atoms with Gasteiger partial charge in [0.1, 0.15) is 5.69 Å². The quantitative estimate of drug-likeness (QED) is 0.734. The van der Waals surface area contributed by atoms with Crippen LogP contribution in [0.1, 0.15) is 5.56 Å². The minimum absolute atomic E-state index is 0.363. The predicted octanol–water partition coefficient (Wildman–Crippen LogP) is 2.09. The zero-order valence-corrected chi connectivity index (χ0v) is 11.6. The van der Waals surface area contributed by atoms with Gasteiger partial charge in [0.2, 0.25) is 11.7 Å². The Hall–Kier alpha value is -2.96. The molecule has 2 heterocycles. The van der Waals surface area contributed by atoms with Crippen molar-refractivity contribution in [1.29, 1.82) is 0 Å². The number of hydrogen-bond donors (Lipinski definition) is 1. The molecule has 0 radical (unpaired) electrons. The van der Waals surface area contributed by atoms with Gasteiger partial charge in [-0.15, -0.1) is 10.2 Å². The monoisotopic (exact) mass is 283 g/mol. The molecule has 7 nitrogen and oxygen atoms in total. The molecule has 2 aromatic heterocycles. The third-order valence-corrected chi connectivity index (χ3v) is 3.00. The second-order valence-corrected chi connectivity index (χ2v) is 4.46. The number of nitrogens with zero attached hydrogens (tertiary/aromatic N) is 4. The summed E-state index contributed by atoms with van der Waals surface area (Å²) in [4.78, 5) is 4.33. The number of rotatable bonds is 3. The van der Waals surface area contributed by atoms with Crippen LogP contribution in [0.2, 0.25) is 0 Å². The molecule has 0 aliphatic carbocycles. The number of aryl methyl sites for hydroxylation is 1. The fourth-order valence-corrected chi connectivity index (χ4v) is 1.86. The highest BCUT2D eigenvalue weighted by Crippen LogP contribution is 2.26. The smallest absolute Gasteiger partial charge is 0.258 e. The highest BCUT2D eigenvalue weighted by molar-refractivity contribution is 5.65. The van der Waals surface area contributed by atoms with E-state index in [4.69, 9.17) is 15.0 Å². The molecule has 0 amide bonds. The molecule has 3 rings (SSSR count). The maximum atomic E-state index is 5.79. The number of anilines is 1. The van der Waals surface area contributed by atoms with Crippen LogP contribution in [0.3, 0.4) is 0 Å². The van der Waals surface area contributed by atoms with Crippen LogP contribution in [0, 0.1) is 6.92 Å². The van der Waals surface area contributed by atoms with Crippen molar-refractivity contribution < 1.29 is 9.26 Å². The number of ether oxygens (including phenoxy) is 1. The van der Waals surface area contributed by atoms with Gasteiger partial charge in [-0.25, -0.2) is 0 Å².